The lowest BCUT2D eigenvalue weighted by molar-refractivity contribution is -0.145. The summed E-state index contributed by atoms with van der Waals surface area (Å²) in [6.07, 6.45) is -4.62. The highest BCUT2D eigenvalue weighted by Crippen LogP contribution is 2.33. The molecule has 0 saturated carbocycles. The summed E-state index contributed by atoms with van der Waals surface area (Å²) in [4.78, 5) is 14.5. The predicted molar refractivity (Wildman–Crippen MR) is 73.0 cm³/mol. The minimum atomic E-state index is -4.62. The van der Waals surface area contributed by atoms with Gasteiger partial charge in [-0.15, -0.1) is 0 Å². The van der Waals surface area contributed by atoms with Crippen molar-refractivity contribution in [2.24, 2.45) is 0 Å². The van der Waals surface area contributed by atoms with E-state index in [0.29, 0.717) is 5.52 Å². The molecule has 7 heteroatoms. The molecule has 3 aromatic rings. The first-order valence-corrected chi connectivity index (χ1v) is 6.26. The van der Waals surface area contributed by atoms with Crippen molar-refractivity contribution in [3.8, 4) is 5.69 Å². The van der Waals surface area contributed by atoms with E-state index in [4.69, 9.17) is 5.11 Å². The van der Waals surface area contributed by atoms with Crippen molar-refractivity contribution in [3.63, 3.8) is 0 Å². The van der Waals surface area contributed by atoms with Crippen LogP contribution in [0.3, 0.4) is 0 Å². The van der Waals surface area contributed by atoms with Crippen LogP contribution >= 0.6 is 0 Å². The predicted octanol–water partition coefficient (Wildman–Crippen LogP) is 3.74. The summed E-state index contributed by atoms with van der Waals surface area (Å²) in [5.74, 6) is -2.19. The number of hydrogen-bond acceptors (Lipinski definition) is 2. The fraction of sp³-hybridized carbons (Fsp3) is 0.0667. The molecule has 2 aromatic carbocycles. The van der Waals surface area contributed by atoms with Crippen LogP contribution < -0.4 is 0 Å². The number of carbonyl (C=O) groups is 1. The minimum absolute atomic E-state index is 0.00160. The van der Waals surface area contributed by atoms with E-state index in [0.717, 1.165) is 4.57 Å². The molecular formula is C15H9F3N2O2. The van der Waals surface area contributed by atoms with E-state index < -0.39 is 18.0 Å². The molecule has 0 saturated heterocycles. The topological polar surface area (TPSA) is 55.1 Å². The van der Waals surface area contributed by atoms with Gasteiger partial charge >= 0.3 is 12.1 Å². The van der Waals surface area contributed by atoms with E-state index in [9.17, 15) is 18.0 Å². The summed E-state index contributed by atoms with van der Waals surface area (Å²) in [5.41, 5.74) is 0.725. The van der Waals surface area contributed by atoms with Gasteiger partial charge in [0.1, 0.15) is 0 Å². The molecule has 0 aliphatic heterocycles. The van der Waals surface area contributed by atoms with Gasteiger partial charge in [-0.2, -0.15) is 13.2 Å². The number of para-hydroxylation sites is 2. The summed E-state index contributed by atoms with van der Waals surface area (Å²) < 4.78 is 40.6. The quantitative estimate of drug-likeness (QED) is 0.784. The van der Waals surface area contributed by atoms with Gasteiger partial charge in [-0.25, -0.2) is 9.78 Å². The molecule has 22 heavy (non-hydrogen) atoms. The Kier molecular flexibility index (Phi) is 3.13. The Morgan fingerprint density at radius 1 is 1.05 bits per heavy atom. The number of hydrogen-bond donors (Lipinski definition) is 1. The van der Waals surface area contributed by atoms with Gasteiger partial charge in [0.2, 0.25) is 5.82 Å². The molecule has 0 atom stereocenters. The number of rotatable bonds is 2. The third-order valence-electron chi connectivity index (χ3n) is 3.19. The van der Waals surface area contributed by atoms with E-state index in [1.807, 2.05) is 0 Å². The fourth-order valence-electron chi connectivity index (χ4n) is 2.23. The fourth-order valence-corrected chi connectivity index (χ4v) is 2.23. The first-order chi connectivity index (χ1) is 10.4. The van der Waals surface area contributed by atoms with Crippen LogP contribution in [0.2, 0.25) is 0 Å². The Balaban J connectivity index is 2.26. The second-order valence-corrected chi connectivity index (χ2v) is 4.61. The van der Waals surface area contributed by atoms with Gasteiger partial charge in [-0.1, -0.05) is 12.1 Å². The maximum Gasteiger partial charge on any atom is 0.450 e. The van der Waals surface area contributed by atoms with Crippen molar-refractivity contribution in [3.05, 3.63) is 59.9 Å². The molecule has 0 aliphatic rings. The van der Waals surface area contributed by atoms with Gasteiger partial charge in [0.25, 0.3) is 0 Å². The highest BCUT2D eigenvalue weighted by molar-refractivity contribution is 5.88. The Hall–Kier alpha value is -2.83. The number of nitrogens with zero attached hydrogens (tertiary/aromatic N) is 2. The molecule has 1 aromatic heterocycles. The highest BCUT2D eigenvalue weighted by atomic mass is 19.4. The second-order valence-electron chi connectivity index (χ2n) is 4.61. The first-order valence-electron chi connectivity index (χ1n) is 6.26. The molecule has 112 valence electrons. The van der Waals surface area contributed by atoms with Crippen molar-refractivity contribution in [1.29, 1.82) is 0 Å². The average Bonchev–Trinajstić information content (AvgIpc) is 2.87. The first kappa shape index (κ1) is 14.1. The molecule has 0 radical (unpaired) electrons. The minimum Gasteiger partial charge on any atom is -0.478 e. The Morgan fingerprint density at radius 3 is 2.27 bits per heavy atom. The number of halogens is 3. The number of aromatic nitrogens is 2. The summed E-state index contributed by atoms with van der Waals surface area (Å²) >= 11 is 0. The zero-order valence-corrected chi connectivity index (χ0v) is 11.0. The smallest absolute Gasteiger partial charge is 0.450 e. The van der Waals surface area contributed by atoms with Crippen molar-refractivity contribution in [2.45, 2.75) is 6.18 Å². The molecule has 1 heterocycles. The SMILES string of the molecule is O=C(O)c1ccc(-n2c(C(F)(F)F)nc3ccccc32)cc1. The van der Waals surface area contributed by atoms with Crippen molar-refractivity contribution < 1.29 is 23.1 Å². The van der Waals surface area contributed by atoms with Crippen molar-refractivity contribution in [1.82, 2.24) is 9.55 Å². The number of carboxylic acids is 1. The van der Waals surface area contributed by atoms with Crippen LogP contribution in [0.15, 0.2) is 48.5 Å². The van der Waals surface area contributed by atoms with E-state index >= 15 is 0 Å². The molecule has 0 bridgehead atoms. The van der Waals surface area contributed by atoms with Crippen molar-refractivity contribution >= 4 is 17.0 Å². The van der Waals surface area contributed by atoms with Gasteiger partial charge in [-0.3, -0.25) is 4.57 Å². The molecule has 0 amide bonds. The van der Waals surface area contributed by atoms with Crippen LogP contribution in [0.1, 0.15) is 16.2 Å². The lowest BCUT2D eigenvalue weighted by Gasteiger charge is -2.11. The number of aromatic carboxylic acids is 1. The molecule has 4 nitrogen and oxygen atoms in total. The maximum absolute atomic E-state index is 13.2. The lowest BCUT2D eigenvalue weighted by Crippen LogP contribution is -2.14. The molecule has 1 N–H and O–H groups in total. The van der Waals surface area contributed by atoms with Crippen LogP contribution in [0.4, 0.5) is 13.2 Å². The Morgan fingerprint density at radius 2 is 1.68 bits per heavy atom. The summed E-state index contributed by atoms with van der Waals surface area (Å²) in [6, 6.07) is 11.4. The van der Waals surface area contributed by atoms with E-state index in [1.165, 1.54) is 36.4 Å². The van der Waals surface area contributed by atoms with E-state index in [2.05, 4.69) is 4.98 Å². The Labute approximate surface area is 122 Å². The summed E-state index contributed by atoms with van der Waals surface area (Å²) in [6.45, 7) is 0. The third kappa shape index (κ3) is 2.30. The van der Waals surface area contributed by atoms with Gasteiger partial charge in [0, 0.05) is 5.69 Å². The number of benzene rings is 2. The summed E-state index contributed by atoms with van der Waals surface area (Å²) in [7, 11) is 0. The van der Waals surface area contributed by atoms with E-state index in [-0.39, 0.29) is 16.8 Å². The standard InChI is InChI=1S/C15H9F3N2O2/c16-15(17,18)14-19-11-3-1-2-4-12(11)20(14)10-7-5-9(6-8-10)13(21)22/h1-8H,(H,21,22). The van der Waals surface area contributed by atoms with Gasteiger partial charge in [0.15, 0.2) is 0 Å². The third-order valence-corrected chi connectivity index (χ3v) is 3.19. The normalized spacial score (nSPS) is 11.8. The lowest BCUT2D eigenvalue weighted by atomic mass is 10.2. The largest absolute Gasteiger partial charge is 0.478 e. The Bertz CT molecular complexity index is 851. The summed E-state index contributed by atoms with van der Waals surface area (Å²) in [5, 5.41) is 8.86. The van der Waals surface area contributed by atoms with Crippen LogP contribution in [0.25, 0.3) is 16.7 Å². The molecule has 0 spiro atoms. The number of fused-ring (bicyclic) bond motifs is 1. The van der Waals surface area contributed by atoms with Gasteiger partial charge < -0.3 is 5.11 Å². The van der Waals surface area contributed by atoms with Crippen LogP contribution in [-0.2, 0) is 6.18 Å². The average molecular weight is 306 g/mol. The molecule has 3 rings (SSSR count). The highest BCUT2D eigenvalue weighted by Gasteiger charge is 2.38. The molecule has 0 unspecified atom stereocenters. The molecular weight excluding hydrogens is 297 g/mol. The van der Waals surface area contributed by atoms with Crippen molar-refractivity contribution in [2.75, 3.05) is 0 Å². The zero-order valence-electron chi connectivity index (χ0n) is 11.0. The second kappa shape index (κ2) is 4.87. The zero-order chi connectivity index (χ0) is 15.9. The van der Waals surface area contributed by atoms with Gasteiger partial charge in [0.05, 0.1) is 16.6 Å². The van der Waals surface area contributed by atoms with Crippen LogP contribution in [-0.4, -0.2) is 20.6 Å². The van der Waals surface area contributed by atoms with E-state index in [1.54, 1.807) is 12.1 Å². The number of imidazole rings is 1. The molecule has 0 fully saturated rings. The monoisotopic (exact) mass is 306 g/mol. The van der Waals surface area contributed by atoms with Crippen LogP contribution in [0.5, 0.6) is 0 Å². The number of carboxylic acid groups (broad SMARTS) is 1. The number of alkyl halides is 3. The molecule has 0 aliphatic carbocycles. The maximum atomic E-state index is 13.2. The van der Waals surface area contributed by atoms with Crippen LogP contribution in [0, 0.1) is 0 Å². The van der Waals surface area contributed by atoms with Gasteiger partial charge in [-0.05, 0) is 36.4 Å².